The van der Waals surface area contributed by atoms with E-state index in [1.54, 1.807) is 36.1 Å². The van der Waals surface area contributed by atoms with Gasteiger partial charge in [0.1, 0.15) is 5.52 Å². The molecular formula is C21H25Cl2N3O3S2. The molecule has 31 heavy (non-hydrogen) atoms. The van der Waals surface area contributed by atoms with Gasteiger partial charge in [0.2, 0.25) is 0 Å². The van der Waals surface area contributed by atoms with E-state index in [1.807, 2.05) is 31.1 Å². The summed E-state index contributed by atoms with van der Waals surface area (Å²) in [6.07, 6.45) is 0.713. The second kappa shape index (κ2) is 10.7. The number of fused-ring (bicyclic) bond motifs is 1. The summed E-state index contributed by atoms with van der Waals surface area (Å²) in [5.41, 5.74) is 0.800. The SMILES string of the molecule is CCS(=O)(=O)c1ccccc1C(=O)N(CCCN(C)C)c1nc2c(Cl)cccc2s1.Cl. The quantitative estimate of drug-likeness (QED) is 0.444. The standard InChI is InChI=1S/C21H24ClN3O3S2.ClH/c1-4-30(27,28)18-12-6-5-9-15(18)20(26)25(14-8-13-24(2)3)21-23-19-16(22)10-7-11-17(19)29-21;/h5-7,9-12H,4,8,13-14H2,1-3H3;1H. The van der Waals surface area contributed by atoms with Crippen LogP contribution in [0, 0.1) is 0 Å². The van der Waals surface area contributed by atoms with E-state index in [4.69, 9.17) is 11.6 Å². The van der Waals surface area contributed by atoms with E-state index in [9.17, 15) is 13.2 Å². The Morgan fingerprint density at radius 3 is 2.45 bits per heavy atom. The predicted octanol–water partition coefficient (Wildman–Crippen LogP) is 4.76. The van der Waals surface area contributed by atoms with Crippen LogP contribution >= 0.6 is 35.3 Å². The highest BCUT2D eigenvalue weighted by Gasteiger charge is 2.27. The van der Waals surface area contributed by atoms with Crippen LogP contribution in [0.5, 0.6) is 0 Å². The number of hydrogen-bond donors (Lipinski definition) is 0. The number of benzene rings is 2. The Kier molecular flexibility index (Phi) is 8.85. The Balaban J connectivity index is 0.00000341. The van der Waals surface area contributed by atoms with Gasteiger partial charge in [-0.05, 0) is 51.3 Å². The van der Waals surface area contributed by atoms with Gasteiger partial charge in [0.05, 0.1) is 25.9 Å². The van der Waals surface area contributed by atoms with E-state index in [2.05, 4.69) is 4.98 Å². The summed E-state index contributed by atoms with van der Waals surface area (Å²) in [6, 6.07) is 11.9. The predicted molar refractivity (Wildman–Crippen MR) is 131 cm³/mol. The van der Waals surface area contributed by atoms with Crippen molar-refractivity contribution < 1.29 is 13.2 Å². The summed E-state index contributed by atoms with van der Waals surface area (Å²) in [6.45, 7) is 2.76. The third kappa shape index (κ3) is 5.75. The molecule has 6 nitrogen and oxygen atoms in total. The minimum absolute atomic E-state index is 0. The molecule has 3 rings (SSSR count). The van der Waals surface area contributed by atoms with Crippen molar-refractivity contribution in [1.82, 2.24) is 9.88 Å². The molecule has 0 aliphatic rings. The second-order valence-corrected chi connectivity index (χ2v) is 10.8. The number of carbonyl (C=O) groups excluding carboxylic acids is 1. The van der Waals surface area contributed by atoms with Gasteiger partial charge in [-0.15, -0.1) is 12.4 Å². The van der Waals surface area contributed by atoms with Crippen LogP contribution in [0.25, 0.3) is 10.2 Å². The van der Waals surface area contributed by atoms with Crippen molar-refractivity contribution in [2.45, 2.75) is 18.2 Å². The summed E-state index contributed by atoms with van der Waals surface area (Å²) in [7, 11) is 0.381. The molecule has 1 amide bonds. The summed E-state index contributed by atoms with van der Waals surface area (Å²) < 4.78 is 26.0. The third-order valence-electron chi connectivity index (χ3n) is 4.65. The minimum atomic E-state index is -3.55. The van der Waals surface area contributed by atoms with E-state index in [0.29, 0.717) is 28.6 Å². The van der Waals surface area contributed by atoms with Gasteiger partial charge in [-0.25, -0.2) is 13.4 Å². The van der Waals surface area contributed by atoms with Crippen LogP contribution in [0.2, 0.25) is 5.02 Å². The lowest BCUT2D eigenvalue weighted by atomic mass is 10.2. The molecule has 0 saturated heterocycles. The smallest absolute Gasteiger partial charge is 0.261 e. The van der Waals surface area contributed by atoms with Crippen molar-refractivity contribution in [3.8, 4) is 0 Å². The molecule has 0 spiro atoms. The molecule has 3 aromatic rings. The van der Waals surface area contributed by atoms with Crippen LogP contribution in [0.4, 0.5) is 5.13 Å². The maximum absolute atomic E-state index is 13.5. The monoisotopic (exact) mass is 501 g/mol. The first kappa shape index (κ1) is 25.5. The highest BCUT2D eigenvalue weighted by atomic mass is 35.5. The average molecular weight is 502 g/mol. The maximum Gasteiger partial charge on any atom is 0.261 e. The Bertz CT molecular complexity index is 1160. The Morgan fingerprint density at radius 2 is 1.81 bits per heavy atom. The lowest BCUT2D eigenvalue weighted by Crippen LogP contribution is -2.34. The molecule has 1 heterocycles. The molecule has 10 heteroatoms. The van der Waals surface area contributed by atoms with E-state index >= 15 is 0 Å². The highest BCUT2D eigenvalue weighted by Crippen LogP contribution is 2.34. The zero-order chi connectivity index (χ0) is 21.9. The van der Waals surface area contributed by atoms with Gasteiger partial charge in [-0.3, -0.25) is 9.69 Å². The average Bonchev–Trinajstić information content (AvgIpc) is 3.16. The van der Waals surface area contributed by atoms with Gasteiger partial charge in [0, 0.05) is 6.54 Å². The van der Waals surface area contributed by atoms with Crippen molar-refractivity contribution in [1.29, 1.82) is 0 Å². The summed E-state index contributed by atoms with van der Waals surface area (Å²) in [5.74, 6) is -0.453. The number of anilines is 1. The minimum Gasteiger partial charge on any atom is -0.309 e. The van der Waals surface area contributed by atoms with Crippen molar-refractivity contribution in [2.75, 3.05) is 37.8 Å². The van der Waals surface area contributed by atoms with Crippen LogP contribution in [0.1, 0.15) is 23.7 Å². The molecule has 0 saturated carbocycles. The van der Waals surface area contributed by atoms with Gasteiger partial charge < -0.3 is 4.90 Å². The van der Waals surface area contributed by atoms with E-state index in [-0.39, 0.29) is 34.5 Å². The van der Waals surface area contributed by atoms with Crippen LogP contribution in [-0.4, -0.2) is 57.1 Å². The number of thiazole rings is 1. The summed E-state index contributed by atoms with van der Waals surface area (Å²) in [5, 5.41) is 1.02. The first-order valence-electron chi connectivity index (χ1n) is 9.58. The number of carbonyl (C=O) groups is 1. The number of nitrogens with zero attached hydrogens (tertiary/aromatic N) is 3. The number of rotatable bonds is 8. The van der Waals surface area contributed by atoms with Crippen LogP contribution in [0.3, 0.4) is 0 Å². The molecule has 1 aromatic heterocycles. The second-order valence-electron chi connectivity index (χ2n) is 7.10. The molecule has 0 aliphatic heterocycles. The molecule has 0 fully saturated rings. The van der Waals surface area contributed by atoms with Crippen LogP contribution in [-0.2, 0) is 9.84 Å². The zero-order valence-corrected chi connectivity index (χ0v) is 20.7. The molecule has 0 unspecified atom stereocenters. The van der Waals surface area contributed by atoms with Crippen LogP contribution in [0.15, 0.2) is 47.4 Å². The number of para-hydroxylation sites is 1. The molecular weight excluding hydrogens is 477 g/mol. The van der Waals surface area contributed by atoms with E-state index in [0.717, 1.165) is 11.2 Å². The van der Waals surface area contributed by atoms with E-state index in [1.165, 1.54) is 17.4 Å². The maximum atomic E-state index is 13.5. The topological polar surface area (TPSA) is 70.6 Å². The van der Waals surface area contributed by atoms with Crippen molar-refractivity contribution in [3.05, 3.63) is 53.1 Å². The number of sulfone groups is 1. The number of halogens is 2. The van der Waals surface area contributed by atoms with E-state index < -0.39 is 9.84 Å². The van der Waals surface area contributed by atoms with Crippen molar-refractivity contribution in [3.63, 3.8) is 0 Å². The molecule has 0 aliphatic carbocycles. The molecule has 0 atom stereocenters. The van der Waals surface area contributed by atoms with Gasteiger partial charge in [-0.2, -0.15) is 0 Å². The number of hydrogen-bond acceptors (Lipinski definition) is 6. The molecule has 2 aromatic carbocycles. The Morgan fingerprint density at radius 1 is 1.10 bits per heavy atom. The van der Waals surface area contributed by atoms with Gasteiger partial charge in [0.15, 0.2) is 15.0 Å². The highest BCUT2D eigenvalue weighted by molar-refractivity contribution is 7.91. The van der Waals surface area contributed by atoms with Gasteiger partial charge >= 0.3 is 0 Å². The fraction of sp³-hybridized carbons (Fsp3) is 0.333. The van der Waals surface area contributed by atoms with Crippen LogP contribution < -0.4 is 4.90 Å². The molecule has 0 N–H and O–H groups in total. The fourth-order valence-corrected chi connectivity index (χ4v) is 5.44. The summed E-state index contributed by atoms with van der Waals surface area (Å²) >= 11 is 7.64. The molecule has 0 bridgehead atoms. The Hall–Kier alpha value is -1.71. The number of aromatic nitrogens is 1. The molecule has 0 radical (unpaired) electrons. The molecule has 168 valence electrons. The fourth-order valence-electron chi connectivity index (χ4n) is 3.06. The first-order valence-corrected chi connectivity index (χ1v) is 12.4. The zero-order valence-electron chi connectivity index (χ0n) is 17.5. The van der Waals surface area contributed by atoms with Gasteiger partial charge in [-0.1, -0.05) is 48.1 Å². The van der Waals surface area contributed by atoms with Gasteiger partial charge in [0.25, 0.3) is 5.91 Å². The van der Waals surface area contributed by atoms with Crippen molar-refractivity contribution in [2.24, 2.45) is 0 Å². The normalized spacial score (nSPS) is 11.5. The largest absolute Gasteiger partial charge is 0.309 e. The summed E-state index contributed by atoms with van der Waals surface area (Å²) in [4.78, 5) is 21.8. The lowest BCUT2D eigenvalue weighted by Gasteiger charge is -2.22. The lowest BCUT2D eigenvalue weighted by molar-refractivity contribution is 0.0983. The van der Waals surface area contributed by atoms with Crippen molar-refractivity contribution >= 4 is 66.4 Å². The Labute approximate surface area is 198 Å². The first-order chi connectivity index (χ1) is 14.2. The number of amides is 1. The third-order valence-corrected chi connectivity index (χ3v) is 7.79.